The highest BCUT2D eigenvalue weighted by Gasteiger charge is 2.26. The Kier molecular flexibility index (Phi) is 6.83. The van der Waals surface area contributed by atoms with Crippen molar-refractivity contribution in [1.82, 2.24) is 10.3 Å². The van der Waals surface area contributed by atoms with Crippen LogP contribution < -0.4 is 5.32 Å². The number of nitro benzene ring substituents is 1. The number of aromatic amines is 1. The molecule has 10 nitrogen and oxygen atoms in total. The first kappa shape index (κ1) is 22.5. The van der Waals surface area contributed by atoms with E-state index in [1.165, 1.54) is 13.2 Å². The molecular formula is C22H21N3O7. The Morgan fingerprint density at radius 3 is 2.56 bits per heavy atom. The molecule has 0 aliphatic carbocycles. The summed E-state index contributed by atoms with van der Waals surface area (Å²) >= 11 is 0. The Hall–Kier alpha value is -4.21. The lowest BCUT2D eigenvalue weighted by Gasteiger charge is -2.16. The van der Waals surface area contributed by atoms with E-state index in [1.54, 1.807) is 13.1 Å². The van der Waals surface area contributed by atoms with Crippen LogP contribution in [0.15, 0.2) is 48.7 Å². The fraction of sp³-hybridized carbons (Fsp3) is 0.227. The molecule has 0 spiro atoms. The quantitative estimate of drug-likeness (QED) is 0.312. The summed E-state index contributed by atoms with van der Waals surface area (Å²) in [5.74, 6) is -2.25. The van der Waals surface area contributed by atoms with Crippen LogP contribution in [0.25, 0.3) is 10.9 Å². The molecule has 3 aromatic rings. The number of fused-ring (bicyclic) bond motifs is 1. The van der Waals surface area contributed by atoms with Crippen LogP contribution >= 0.6 is 0 Å². The summed E-state index contributed by atoms with van der Waals surface area (Å²) in [5.41, 5.74) is 0.900. The molecule has 0 aliphatic heterocycles. The largest absolute Gasteiger partial charge is 0.467 e. The molecule has 0 aliphatic rings. The van der Waals surface area contributed by atoms with E-state index in [0.29, 0.717) is 0 Å². The number of nitrogens with one attached hydrogen (secondary N) is 2. The number of rotatable bonds is 8. The number of ether oxygens (including phenoxy) is 2. The van der Waals surface area contributed by atoms with E-state index in [1.807, 2.05) is 24.3 Å². The van der Waals surface area contributed by atoms with Crippen molar-refractivity contribution in [3.63, 3.8) is 0 Å². The van der Waals surface area contributed by atoms with Crippen LogP contribution in [0.5, 0.6) is 0 Å². The van der Waals surface area contributed by atoms with Gasteiger partial charge in [0, 0.05) is 41.2 Å². The highest BCUT2D eigenvalue weighted by molar-refractivity contribution is 6.00. The zero-order valence-electron chi connectivity index (χ0n) is 17.4. The van der Waals surface area contributed by atoms with Gasteiger partial charge in [-0.05, 0) is 24.6 Å². The third kappa shape index (κ3) is 4.91. The van der Waals surface area contributed by atoms with Crippen molar-refractivity contribution < 1.29 is 28.8 Å². The van der Waals surface area contributed by atoms with Crippen molar-refractivity contribution in [2.24, 2.45) is 0 Å². The fourth-order valence-corrected chi connectivity index (χ4v) is 3.28. The number of hydrogen-bond donors (Lipinski definition) is 2. The summed E-state index contributed by atoms with van der Waals surface area (Å²) in [6, 6.07) is 9.65. The number of para-hydroxylation sites is 1. The number of nitrogens with zero attached hydrogens (tertiary/aromatic N) is 1. The van der Waals surface area contributed by atoms with Gasteiger partial charge in [0.15, 0.2) is 0 Å². The SMILES string of the molecule is CCOC(=O)c1cc(C(=O)N[C@H](Cc2c[nH]c3ccccc23)C(=O)OC)cc([N+](=O)[O-])c1. The second-order valence-corrected chi connectivity index (χ2v) is 6.86. The minimum Gasteiger partial charge on any atom is -0.467 e. The van der Waals surface area contributed by atoms with Crippen LogP contribution in [0.1, 0.15) is 33.2 Å². The predicted octanol–water partition coefficient (Wildman–Crippen LogP) is 2.77. The monoisotopic (exact) mass is 439 g/mol. The molecule has 0 radical (unpaired) electrons. The van der Waals surface area contributed by atoms with Gasteiger partial charge in [-0.1, -0.05) is 18.2 Å². The number of aromatic nitrogens is 1. The predicted molar refractivity (Wildman–Crippen MR) is 114 cm³/mol. The molecule has 0 saturated heterocycles. The van der Waals surface area contributed by atoms with Gasteiger partial charge in [-0.15, -0.1) is 0 Å². The lowest BCUT2D eigenvalue weighted by Crippen LogP contribution is -2.43. The first-order valence-corrected chi connectivity index (χ1v) is 9.74. The zero-order chi connectivity index (χ0) is 23.3. The van der Waals surface area contributed by atoms with Gasteiger partial charge in [-0.2, -0.15) is 0 Å². The van der Waals surface area contributed by atoms with Crippen LogP contribution in [0, 0.1) is 10.1 Å². The first-order chi connectivity index (χ1) is 15.3. The second kappa shape index (κ2) is 9.73. The van der Waals surface area contributed by atoms with Crippen molar-refractivity contribution in [3.8, 4) is 0 Å². The van der Waals surface area contributed by atoms with Crippen molar-refractivity contribution in [3.05, 3.63) is 75.5 Å². The third-order valence-electron chi connectivity index (χ3n) is 4.79. The molecule has 32 heavy (non-hydrogen) atoms. The highest BCUT2D eigenvalue weighted by Crippen LogP contribution is 2.21. The van der Waals surface area contributed by atoms with Gasteiger partial charge in [-0.25, -0.2) is 9.59 Å². The smallest absolute Gasteiger partial charge is 0.338 e. The van der Waals surface area contributed by atoms with Crippen LogP contribution in [0.4, 0.5) is 5.69 Å². The Labute approximate surface area is 182 Å². The number of benzene rings is 2. The van der Waals surface area contributed by atoms with Gasteiger partial charge in [0.05, 0.1) is 24.2 Å². The summed E-state index contributed by atoms with van der Waals surface area (Å²) in [7, 11) is 1.20. The van der Waals surface area contributed by atoms with Gasteiger partial charge >= 0.3 is 11.9 Å². The molecule has 0 saturated carbocycles. The lowest BCUT2D eigenvalue weighted by molar-refractivity contribution is -0.384. The minimum atomic E-state index is -1.06. The third-order valence-corrected chi connectivity index (χ3v) is 4.79. The van der Waals surface area contributed by atoms with Crippen molar-refractivity contribution in [2.75, 3.05) is 13.7 Å². The average molecular weight is 439 g/mol. The van der Waals surface area contributed by atoms with E-state index < -0.39 is 34.5 Å². The Balaban J connectivity index is 1.90. The minimum absolute atomic E-state index is 0.0676. The van der Waals surface area contributed by atoms with Crippen molar-refractivity contribution >= 4 is 34.4 Å². The van der Waals surface area contributed by atoms with Crippen LogP contribution in [-0.2, 0) is 20.7 Å². The van der Waals surface area contributed by atoms with Gasteiger partial charge in [0.2, 0.25) is 0 Å². The summed E-state index contributed by atoms with van der Waals surface area (Å²) in [6.45, 7) is 1.66. The summed E-state index contributed by atoms with van der Waals surface area (Å²) in [4.78, 5) is 50.9. The van der Waals surface area contributed by atoms with Crippen LogP contribution in [-0.4, -0.2) is 47.5 Å². The lowest BCUT2D eigenvalue weighted by atomic mass is 10.0. The average Bonchev–Trinajstić information content (AvgIpc) is 3.20. The van der Waals surface area contributed by atoms with Crippen LogP contribution in [0.2, 0.25) is 0 Å². The van der Waals surface area contributed by atoms with Gasteiger partial charge in [0.1, 0.15) is 6.04 Å². The topological polar surface area (TPSA) is 141 Å². The number of H-pyrrole nitrogens is 1. The highest BCUT2D eigenvalue weighted by atomic mass is 16.6. The second-order valence-electron chi connectivity index (χ2n) is 6.86. The van der Waals surface area contributed by atoms with Gasteiger partial charge < -0.3 is 19.8 Å². The molecule has 0 fully saturated rings. The van der Waals surface area contributed by atoms with E-state index in [0.717, 1.165) is 28.6 Å². The Bertz CT molecular complexity index is 1190. The fourth-order valence-electron chi connectivity index (χ4n) is 3.28. The number of nitro groups is 1. The number of amides is 1. The standard InChI is InChI=1S/C22H21N3O7/c1-3-32-21(27)14-8-13(9-16(10-14)25(29)30)20(26)24-19(22(28)31-2)11-15-12-23-18-7-5-4-6-17(15)18/h4-10,12,19,23H,3,11H2,1-2H3,(H,24,26)/t19-/m1/s1. The molecule has 1 atom stereocenters. The van der Waals surface area contributed by atoms with E-state index in [-0.39, 0.29) is 24.2 Å². The number of carbonyl (C=O) groups is 3. The summed E-state index contributed by atoms with van der Waals surface area (Å²) < 4.78 is 9.69. The van der Waals surface area contributed by atoms with E-state index >= 15 is 0 Å². The maximum Gasteiger partial charge on any atom is 0.338 e. The van der Waals surface area contributed by atoms with E-state index in [2.05, 4.69) is 10.3 Å². The summed E-state index contributed by atoms with van der Waals surface area (Å²) in [5, 5.41) is 14.7. The first-order valence-electron chi connectivity index (χ1n) is 9.74. The van der Waals surface area contributed by atoms with Crippen molar-refractivity contribution in [1.29, 1.82) is 0 Å². The molecule has 3 rings (SSSR count). The number of hydrogen-bond acceptors (Lipinski definition) is 7. The zero-order valence-corrected chi connectivity index (χ0v) is 17.4. The Morgan fingerprint density at radius 1 is 1.16 bits per heavy atom. The molecule has 0 bridgehead atoms. The molecule has 1 amide bonds. The van der Waals surface area contributed by atoms with Crippen LogP contribution in [0.3, 0.4) is 0 Å². The van der Waals surface area contributed by atoms with Gasteiger partial charge in [-0.3, -0.25) is 14.9 Å². The summed E-state index contributed by atoms with van der Waals surface area (Å²) in [6.07, 6.45) is 1.86. The molecule has 166 valence electrons. The molecule has 2 N–H and O–H groups in total. The van der Waals surface area contributed by atoms with E-state index in [9.17, 15) is 24.5 Å². The van der Waals surface area contributed by atoms with E-state index in [4.69, 9.17) is 9.47 Å². The molecular weight excluding hydrogens is 418 g/mol. The normalized spacial score (nSPS) is 11.6. The maximum atomic E-state index is 12.9. The molecule has 2 aromatic carbocycles. The number of esters is 2. The molecule has 1 heterocycles. The van der Waals surface area contributed by atoms with Gasteiger partial charge in [0.25, 0.3) is 11.6 Å². The van der Waals surface area contributed by atoms with Crippen molar-refractivity contribution in [2.45, 2.75) is 19.4 Å². The number of methoxy groups -OCH3 is 1. The maximum absolute atomic E-state index is 12.9. The number of non-ortho nitro benzene ring substituents is 1. The Morgan fingerprint density at radius 2 is 1.88 bits per heavy atom. The molecule has 0 unspecified atom stereocenters. The molecule has 1 aromatic heterocycles. The number of carbonyl (C=O) groups excluding carboxylic acids is 3. The molecule has 10 heteroatoms.